The molecule has 0 spiro atoms. The zero-order valence-corrected chi connectivity index (χ0v) is 22.7. The molecule has 0 heterocycles. The third-order valence-electron chi connectivity index (χ3n) is 5.66. The first-order chi connectivity index (χ1) is 17.1. The number of alkyl halides is 1. The molecule has 0 saturated carbocycles. The second-order valence-corrected chi connectivity index (χ2v) is 8.99. The SMILES string of the molecule is CC.Cc1cc(C(C)(C)c2ccc(OCC(O)CN(N)/C(=C\N)CO)cc2)ccc1OCC(O)CCl. The van der Waals surface area contributed by atoms with Gasteiger partial charge in [-0.3, -0.25) is 0 Å². The average molecular weight is 524 g/mol. The molecule has 0 aliphatic heterocycles. The molecule has 2 atom stereocenters. The van der Waals surface area contributed by atoms with Crippen molar-refractivity contribution in [1.82, 2.24) is 5.01 Å². The summed E-state index contributed by atoms with van der Waals surface area (Å²) in [6.45, 7) is 10.2. The summed E-state index contributed by atoms with van der Waals surface area (Å²) in [6.07, 6.45) is -0.367. The van der Waals surface area contributed by atoms with Crippen LogP contribution in [0, 0.1) is 6.92 Å². The summed E-state index contributed by atoms with van der Waals surface area (Å²) in [4.78, 5) is 0. The van der Waals surface area contributed by atoms with Crippen molar-refractivity contribution in [2.24, 2.45) is 11.6 Å². The fourth-order valence-corrected chi connectivity index (χ4v) is 3.48. The van der Waals surface area contributed by atoms with Gasteiger partial charge in [-0.05, 0) is 41.8 Å². The number of halogens is 1. The largest absolute Gasteiger partial charge is 0.491 e. The van der Waals surface area contributed by atoms with Crippen LogP contribution in [0.5, 0.6) is 11.5 Å². The topological polar surface area (TPSA) is 134 Å². The Morgan fingerprint density at radius 3 is 2.14 bits per heavy atom. The summed E-state index contributed by atoms with van der Waals surface area (Å²) in [7, 11) is 0. The summed E-state index contributed by atoms with van der Waals surface area (Å²) in [5, 5.41) is 30.1. The number of hydrazine groups is 1. The Hall–Kier alpha value is -2.49. The first kappa shape index (κ1) is 31.5. The standard InChI is InChI=1S/C25H36ClN3O5.C2H6/c1-17-10-19(6-9-24(17)34-15-21(31)11-26)25(2,3)18-4-7-23(8-5-18)33-16-22(32)13-29(28)20(12-27)14-30;1-2/h4-10,12,21-22,30-32H,11,13-16,27-28H2,1-3H3;1-2H3/b20-12-;. The van der Waals surface area contributed by atoms with E-state index in [1.807, 2.05) is 57.2 Å². The predicted octanol–water partition coefficient (Wildman–Crippen LogP) is 3.03. The molecular formula is C27H42ClN3O5. The van der Waals surface area contributed by atoms with Crippen LogP contribution >= 0.6 is 11.6 Å². The lowest BCUT2D eigenvalue weighted by atomic mass is 9.77. The van der Waals surface area contributed by atoms with Crippen LogP contribution < -0.4 is 21.1 Å². The Morgan fingerprint density at radius 1 is 1.03 bits per heavy atom. The molecule has 2 aromatic rings. The zero-order chi connectivity index (χ0) is 27.3. The number of ether oxygens (including phenoxy) is 2. The van der Waals surface area contributed by atoms with E-state index in [9.17, 15) is 15.3 Å². The van der Waals surface area contributed by atoms with Crippen LogP contribution in [0.15, 0.2) is 54.4 Å². The van der Waals surface area contributed by atoms with Gasteiger partial charge in [-0.2, -0.15) is 0 Å². The fraction of sp³-hybridized carbons (Fsp3) is 0.481. The highest BCUT2D eigenvalue weighted by molar-refractivity contribution is 6.18. The van der Waals surface area contributed by atoms with Crippen molar-refractivity contribution in [1.29, 1.82) is 0 Å². The molecule has 7 N–H and O–H groups in total. The third-order valence-corrected chi connectivity index (χ3v) is 6.01. The van der Waals surface area contributed by atoms with Crippen LogP contribution in [-0.4, -0.2) is 64.8 Å². The molecule has 0 amide bonds. The molecule has 202 valence electrons. The number of hydrogen-bond donors (Lipinski definition) is 5. The minimum absolute atomic E-state index is 0.0405. The molecule has 0 aliphatic rings. The zero-order valence-electron chi connectivity index (χ0n) is 21.9. The summed E-state index contributed by atoms with van der Waals surface area (Å²) >= 11 is 5.63. The maximum Gasteiger partial charge on any atom is 0.122 e. The molecule has 8 nitrogen and oxygen atoms in total. The number of aliphatic hydroxyl groups is 3. The lowest BCUT2D eigenvalue weighted by molar-refractivity contribution is 0.0745. The van der Waals surface area contributed by atoms with Gasteiger partial charge in [-0.25, -0.2) is 5.84 Å². The summed E-state index contributed by atoms with van der Waals surface area (Å²) in [5.41, 5.74) is 8.62. The van der Waals surface area contributed by atoms with Gasteiger partial charge in [-0.1, -0.05) is 52.0 Å². The van der Waals surface area contributed by atoms with Gasteiger partial charge in [0.1, 0.15) is 36.9 Å². The van der Waals surface area contributed by atoms with E-state index in [4.69, 9.17) is 32.7 Å². The van der Waals surface area contributed by atoms with Crippen LogP contribution in [0.3, 0.4) is 0 Å². The maximum atomic E-state index is 10.2. The second-order valence-electron chi connectivity index (χ2n) is 8.68. The molecule has 0 aliphatic carbocycles. The van der Waals surface area contributed by atoms with E-state index < -0.39 is 12.2 Å². The highest BCUT2D eigenvalue weighted by Crippen LogP contribution is 2.34. The van der Waals surface area contributed by atoms with Crippen molar-refractivity contribution < 1.29 is 24.8 Å². The molecular weight excluding hydrogens is 482 g/mol. The fourth-order valence-electron chi connectivity index (χ4n) is 3.39. The summed E-state index contributed by atoms with van der Waals surface area (Å²) < 4.78 is 11.4. The molecule has 0 aromatic heterocycles. The number of hydrogen-bond acceptors (Lipinski definition) is 8. The van der Waals surface area contributed by atoms with E-state index in [1.165, 1.54) is 11.2 Å². The van der Waals surface area contributed by atoms with Crippen molar-refractivity contribution in [3.63, 3.8) is 0 Å². The summed E-state index contributed by atoms with van der Waals surface area (Å²) in [5.74, 6) is 7.24. The molecule has 2 aromatic carbocycles. The maximum absolute atomic E-state index is 10.2. The van der Waals surface area contributed by atoms with E-state index in [1.54, 1.807) is 0 Å². The van der Waals surface area contributed by atoms with E-state index in [0.29, 0.717) is 11.4 Å². The van der Waals surface area contributed by atoms with Crippen molar-refractivity contribution in [2.75, 3.05) is 32.2 Å². The first-order valence-corrected chi connectivity index (χ1v) is 12.6. The van der Waals surface area contributed by atoms with Crippen LogP contribution in [0.4, 0.5) is 0 Å². The van der Waals surface area contributed by atoms with Crippen molar-refractivity contribution in [3.05, 3.63) is 71.1 Å². The Morgan fingerprint density at radius 2 is 1.61 bits per heavy atom. The monoisotopic (exact) mass is 523 g/mol. The molecule has 2 rings (SSSR count). The number of aryl methyl sites for hydroxylation is 1. The Kier molecular flexibility index (Phi) is 13.7. The highest BCUT2D eigenvalue weighted by Gasteiger charge is 2.24. The van der Waals surface area contributed by atoms with Crippen molar-refractivity contribution in [3.8, 4) is 11.5 Å². The minimum Gasteiger partial charge on any atom is -0.491 e. The quantitative estimate of drug-likeness (QED) is 0.154. The number of aliphatic hydroxyl groups excluding tert-OH is 3. The Labute approximate surface area is 220 Å². The highest BCUT2D eigenvalue weighted by atomic mass is 35.5. The van der Waals surface area contributed by atoms with E-state index in [0.717, 1.165) is 22.4 Å². The molecule has 36 heavy (non-hydrogen) atoms. The Bertz CT molecular complexity index is 938. The van der Waals surface area contributed by atoms with Gasteiger partial charge < -0.3 is 35.5 Å². The smallest absolute Gasteiger partial charge is 0.122 e. The van der Waals surface area contributed by atoms with Gasteiger partial charge in [0.15, 0.2) is 0 Å². The average Bonchev–Trinajstić information content (AvgIpc) is 2.88. The van der Waals surface area contributed by atoms with Gasteiger partial charge in [0.05, 0.1) is 24.7 Å². The normalized spacial score (nSPS) is 13.3. The van der Waals surface area contributed by atoms with Crippen LogP contribution in [0.1, 0.15) is 44.4 Å². The lowest BCUT2D eigenvalue weighted by Crippen LogP contribution is -2.40. The number of nitrogens with zero attached hydrogens (tertiary/aromatic N) is 1. The number of nitrogens with two attached hydrogens (primary N) is 2. The predicted molar refractivity (Wildman–Crippen MR) is 145 cm³/mol. The van der Waals surface area contributed by atoms with Crippen molar-refractivity contribution in [2.45, 2.75) is 52.2 Å². The molecule has 0 bridgehead atoms. The van der Waals surface area contributed by atoms with Crippen molar-refractivity contribution >= 4 is 11.6 Å². The van der Waals surface area contributed by atoms with Crippen LogP contribution in [0.2, 0.25) is 0 Å². The molecule has 9 heteroatoms. The van der Waals surface area contributed by atoms with E-state index in [2.05, 4.69) is 19.9 Å². The van der Waals surface area contributed by atoms with E-state index >= 15 is 0 Å². The van der Waals surface area contributed by atoms with Gasteiger partial charge >= 0.3 is 0 Å². The minimum atomic E-state index is -0.864. The van der Waals surface area contributed by atoms with Crippen LogP contribution in [0.25, 0.3) is 0 Å². The first-order valence-electron chi connectivity index (χ1n) is 12.1. The van der Waals surface area contributed by atoms with Gasteiger partial charge in [0, 0.05) is 11.6 Å². The molecule has 0 saturated heterocycles. The van der Waals surface area contributed by atoms with E-state index in [-0.39, 0.29) is 37.7 Å². The van der Waals surface area contributed by atoms with Crippen LogP contribution in [-0.2, 0) is 5.41 Å². The molecule has 0 radical (unpaired) electrons. The number of benzene rings is 2. The number of rotatable bonds is 13. The third kappa shape index (κ3) is 9.19. The lowest BCUT2D eigenvalue weighted by Gasteiger charge is -2.27. The van der Waals surface area contributed by atoms with Gasteiger partial charge in [-0.15, -0.1) is 11.6 Å². The van der Waals surface area contributed by atoms with Gasteiger partial charge in [0.2, 0.25) is 0 Å². The van der Waals surface area contributed by atoms with Gasteiger partial charge in [0.25, 0.3) is 0 Å². The second kappa shape index (κ2) is 15.6. The summed E-state index contributed by atoms with van der Waals surface area (Å²) in [6, 6.07) is 13.7. The molecule has 0 fully saturated rings. The Balaban J connectivity index is 0.00000316. The molecule has 2 unspecified atom stereocenters.